The molecule has 0 spiro atoms. The van der Waals surface area contributed by atoms with E-state index in [9.17, 15) is 18.0 Å². The monoisotopic (exact) mass is 364 g/mol. The number of hydrogen-bond acceptors (Lipinski definition) is 2. The van der Waals surface area contributed by atoms with E-state index in [1.807, 2.05) is 0 Å². The van der Waals surface area contributed by atoms with E-state index in [2.05, 4.69) is 4.74 Å². The van der Waals surface area contributed by atoms with Crippen molar-refractivity contribution in [2.45, 2.75) is 6.36 Å². The van der Waals surface area contributed by atoms with Crippen molar-refractivity contribution in [2.75, 3.05) is 5.88 Å². The topological polar surface area (TPSA) is 26.3 Å². The molecule has 0 N–H and O–H groups in total. The van der Waals surface area contributed by atoms with Crippen molar-refractivity contribution >= 4 is 40.0 Å². The predicted octanol–water partition coefficient (Wildman–Crippen LogP) is 3.61. The number of Topliss-reactive ketones (excluding diaryl/α,β-unsaturated/α-hetero) is 1. The Morgan fingerprint density at radius 3 is 2.56 bits per heavy atom. The maximum atomic E-state index is 12.1. The molecule has 1 rings (SSSR count). The van der Waals surface area contributed by atoms with Crippen LogP contribution >= 0.6 is 34.2 Å². The molecule has 2 nitrogen and oxygen atoms in total. The molecular weight excluding hydrogens is 359 g/mol. The number of halogens is 5. The molecule has 0 aliphatic carbocycles. The highest BCUT2D eigenvalue weighted by molar-refractivity contribution is 14.1. The van der Waals surface area contributed by atoms with E-state index < -0.39 is 23.8 Å². The molecule has 0 aliphatic rings. The Morgan fingerprint density at radius 1 is 1.44 bits per heavy atom. The van der Waals surface area contributed by atoms with Crippen LogP contribution in [0.4, 0.5) is 13.2 Å². The maximum Gasteiger partial charge on any atom is 0.573 e. The molecular formula is C9H5ClF3IO2. The first-order valence-electron chi connectivity index (χ1n) is 3.98. The fraction of sp³-hybridized carbons (Fsp3) is 0.222. The summed E-state index contributed by atoms with van der Waals surface area (Å²) in [5.74, 6) is -1.52. The first kappa shape index (κ1) is 13.6. The van der Waals surface area contributed by atoms with Crippen LogP contribution in [-0.4, -0.2) is 18.0 Å². The highest BCUT2D eigenvalue weighted by Gasteiger charge is 2.33. The van der Waals surface area contributed by atoms with Crippen molar-refractivity contribution in [1.29, 1.82) is 0 Å². The highest BCUT2D eigenvalue weighted by Crippen LogP contribution is 2.29. The molecule has 0 saturated heterocycles. The minimum atomic E-state index is -4.83. The molecule has 7 heteroatoms. The van der Waals surface area contributed by atoms with Gasteiger partial charge in [-0.25, -0.2) is 0 Å². The van der Waals surface area contributed by atoms with Gasteiger partial charge in [-0.1, -0.05) is 6.07 Å². The number of ketones is 1. The molecule has 16 heavy (non-hydrogen) atoms. The van der Waals surface area contributed by atoms with E-state index in [4.69, 9.17) is 11.6 Å². The van der Waals surface area contributed by atoms with Gasteiger partial charge >= 0.3 is 6.36 Å². The van der Waals surface area contributed by atoms with Crippen LogP contribution in [0.2, 0.25) is 0 Å². The third-order valence-electron chi connectivity index (χ3n) is 1.60. The smallest absolute Gasteiger partial charge is 0.405 e. The van der Waals surface area contributed by atoms with Gasteiger partial charge in [0.25, 0.3) is 0 Å². The zero-order valence-electron chi connectivity index (χ0n) is 7.65. The summed E-state index contributed by atoms with van der Waals surface area (Å²) in [4.78, 5) is 11.4. The molecule has 0 amide bonds. The van der Waals surface area contributed by atoms with Crippen molar-refractivity contribution in [1.82, 2.24) is 0 Å². The summed E-state index contributed by atoms with van der Waals surface area (Å²) >= 11 is 7.06. The number of carbonyl (C=O) groups is 1. The molecule has 0 bridgehead atoms. The largest absolute Gasteiger partial charge is 0.573 e. The number of ether oxygens (including phenoxy) is 1. The van der Waals surface area contributed by atoms with Gasteiger partial charge in [-0.05, 0) is 34.7 Å². The Balaban J connectivity index is 3.18. The third-order valence-corrected chi connectivity index (χ3v) is 2.74. The van der Waals surface area contributed by atoms with Crippen molar-refractivity contribution < 1.29 is 22.7 Å². The molecule has 0 unspecified atom stereocenters. The van der Waals surface area contributed by atoms with E-state index in [0.717, 1.165) is 6.07 Å². The van der Waals surface area contributed by atoms with Crippen LogP contribution in [0.25, 0.3) is 0 Å². The highest BCUT2D eigenvalue weighted by atomic mass is 127. The number of benzene rings is 1. The van der Waals surface area contributed by atoms with Gasteiger partial charge in [-0.2, -0.15) is 0 Å². The lowest BCUT2D eigenvalue weighted by Crippen LogP contribution is -2.19. The van der Waals surface area contributed by atoms with Crippen LogP contribution in [0.1, 0.15) is 10.4 Å². The lowest BCUT2D eigenvalue weighted by Gasteiger charge is -2.13. The standard InChI is InChI=1S/C9H5ClF3IO2/c10-4-6(15)8-5(14)2-1-3-7(8)16-9(11,12)13/h1-3H,4H2. The second-order valence-electron chi connectivity index (χ2n) is 2.72. The predicted molar refractivity (Wildman–Crippen MR) is 60.9 cm³/mol. The van der Waals surface area contributed by atoms with Gasteiger partial charge in [0.15, 0.2) is 5.78 Å². The van der Waals surface area contributed by atoms with E-state index in [1.165, 1.54) is 12.1 Å². The summed E-state index contributed by atoms with van der Waals surface area (Å²) in [7, 11) is 0. The summed E-state index contributed by atoms with van der Waals surface area (Å²) in [6.07, 6.45) is -4.83. The van der Waals surface area contributed by atoms with Crippen LogP contribution in [0.3, 0.4) is 0 Å². The van der Waals surface area contributed by atoms with Gasteiger partial charge < -0.3 is 4.74 Å². The zero-order valence-corrected chi connectivity index (χ0v) is 10.6. The number of rotatable bonds is 3. The summed E-state index contributed by atoms with van der Waals surface area (Å²) in [5.41, 5.74) is -0.143. The van der Waals surface area contributed by atoms with Gasteiger partial charge in [-0.15, -0.1) is 24.8 Å². The second kappa shape index (κ2) is 5.22. The van der Waals surface area contributed by atoms with Gasteiger partial charge in [0.2, 0.25) is 0 Å². The summed E-state index contributed by atoms with van der Waals surface area (Å²) in [6.45, 7) is 0. The van der Waals surface area contributed by atoms with Gasteiger partial charge in [-0.3, -0.25) is 4.79 Å². The third kappa shape index (κ3) is 3.51. The first-order valence-corrected chi connectivity index (χ1v) is 5.60. The molecule has 0 saturated carbocycles. The van der Waals surface area contributed by atoms with Crippen molar-refractivity contribution in [3.8, 4) is 5.75 Å². The minimum Gasteiger partial charge on any atom is -0.405 e. The van der Waals surface area contributed by atoms with Crippen LogP contribution in [0, 0.1) is 3.57 Å². The Bertz CT molecular complexity index is 406. The van der Waals surface area contributed by atoms with Crippen LogP contribution in [-0.2, 0) is 0 Å². The maximum absolute atomic E-state index is 12.1. The second-order valence-corrected chi connectivity index (χ2v) is 4.15. The van der Waals surface area contributed by atoms with E-state index in [1.54, 1.807) is 22.6 Å². The molecule has 0 radical (unpaired) electrons. The van der Waals surface area contributed by atoms with Gasteiger partial charge in [0, 0.05) is 3.57 Å². The molecule has 0 aromatic heterocycles. The van der Waals surface area contributed by atoms with Gasteiger partial charge in [0.05, 0.1) is 11.4 Å². The Kier molecular flexibility index (Phi) is 4.43. The van der Waals surface area contributed by atoms with E-state index in [-0.39, 0.29) is 5.56 Å². The molecule has 0 fully saturated rings. The summed E-state index contributed by atoms with van der Waals surface area (Å²) in [6, 6.07) is 3.95. The van der Waals surface area contributed by atoms with Crippen LogP contribution in [0.5, 0.6) is 5.75 Å². The van der Waals surface area contributed by atoms with E-state index >= 15 is 0 Å². The van der Waals surface area contributed by atoms with Crippen LogP contribution in [0.15, 0.2) is 18.2 Å². The van der Waals surface area contributed by atoms with Crippen molar-refractivity contribution in [2.24, 2.45) is 0 Å². The molecule has 0 atom stereocenters. The Hall–Kier alpha value is -0.500. The molecule has 1 aromatic rings. The number of alkyl halides is 4. The lowest BCUT2D eigenvalue weighted by atomic mass is 10.1. The van der Waals surface area contributed by atoms with Crippen molar-refractivity contribution in [3.63, 3.8) is 0 Å². The normalized spacial score (nSPS) is 11.3. The fourth-order valence-electron chi connectivity index (χ4n) is 1.05. The average Bonchev–Trinajstić information content (AvgIpc) is 2.14. The minimum absolute atomic E-state index is 0.143. The quantitative estimate of drug-likeness (QED) is 0.465. The summed E-state index contributed by atoms with van der Waals surface area (Å²) in [5, 5.41) is 0. The number of hydrogen-bond donors (Lipinski definition) is 0. The summed E-state index contributed by atoms with van der Waals surface area (Å²) < 4.78 is 40.3. The molecule has 0 heterocycles. The number of carbonyl (C=O) groups excluding carboxylic acids is 1. The molecule has 88 valence electrons. The SMILES string of the molecule is O=C(CCl)c1c(I)cccc1OC(F)(F)F. The lowest BCUT2D eigenvalue weighted by molar-refractivity contribution is -0.274. The fourth-order valence-corrected chi connectivity index (χ4v) is 1.96. The first-order chi connectivity index (χ1) is 7.35. The van der Waals surface area contributed by atoms with Crippen molar-refractivity contribution in [3.05, 3.63) is 27.3 Å². The Morgan fingerprint density at radius 2 is 2.06 bits per heavy atom. The average molecular weight is 364 g/mol. The molecule has 0 aliphatic heterocycles. The van der Waals surface area contributed by atoms with E-state index in [0.29, 0.717) is 3.57 Å². The zero-order chi connectivity index (χ0) is 12.3. The Labute approximate surface area is 108 Å². The molecule has 1 aromatic carbocycles. The van der Waals surface area contributed by atoms with Crippen LogP contribution < -0.4 is 4.74 Å². The van der Waals surface area contributed by atoms with Gasteiger partial charge in [0.1, 0.15) is 5.75 Å².